The molecule has 1 N–H and O–H groups in total. The Hall–Kier alpha value is -0.140. The molecule has 0 bridgehead atoms. The molecule has 0 aliphatic heterocycles. The molecule has 0 saturated carbocycles. The number of sulfonamides is 1. The summed E-state index contributed by atoms with van der Waals surface area (Å²) in [4.78, 5) is 0.00154. The molecule has 7 heteroatoms. The lowest BCUT2D eigenvalue weighted by molar-refractivity contribution is 0.205. The topological polar surface area (TPSA) is 57.6 Å². The highest BCUT2D eigenvalue weighted by Gasteiger charge is 2.22. The molecule has 0 heterocycles. The highest BCUT2D eigenvalue weighted by Crippen LogP contribution is 2.27. The fourth-order valence-electron chi connectivity index (χ4n) is 1.21. The van der Waals surface area contributed by atoms with Crippen molar-refractivity contribution < 1.29 is 13.5 Å². The quantitative estimate of drug-likeness (QED) is 0.852. The average Bonchev–Trinajstić information content (AvgIpc) is 2.28. The molecule has 1 atom stereocenters. The van der Waals surface area contributed by atoms with Crippen LogP contribution in [-0.4, -0.2) is 37.3 Å². The monoisotopic (exact) mass is 341 g/mol. The number of hydrogen-bond acceptors (Lipinski definition) is 3. The fourth-order valence-corrected chi connectivity index (χ4v) is 2.99. The zero-order valence-electron chi connectivity index (χ0n) is 9.39. The van der Waals surface area contributed by atoms with E-state index in [0.29, 0.717) is 10.9 Å². The summed E-state index contributed by atoms with van der Waals surface area (Å²) in [6, 6.07) is 4.46. The number of alkyl halides is 1. The minimum absolute atomic E-state index is 0.00154. The maximum atomic E-state index is 12.0. The summed E-state index contributed by atoms with van der Waals surface area (Å²) in [5, 5.41) is 10.1. The Morgan fingerprint density at radius 1 is 1.47 bits per heavy atom. The standard InChI is InChI=1S/C10H13BrClNO3S/c1-13(2)17(15,16)10-5-7(9(14)6-11)3-4-8(10)12/h3-5,9,14H,6H2,1-2H3. The van der Waals surface area contributed by atoms with Crippen molar-refractivity contribution in [1.29, 1.82) is 0 Å². The Balaban J connectivity index is 3.34. The number of aliphatic hydroxyl groups is 1. The highest BCUT2D eigenvalue weighted by molar-refractivity contribution is 9.09. The van der Waals surface area contributed by atoms with E-state index in [4.69, 9.17) is 11.6 Å². The van der Waals surface area contributed by atoms with E-state index in [1.807, 2.05) is 0 Å². The molecular weight excluding hydrogens is 330 g/mol. The summed E-state index contributed by atoms with van der Waals surface area (Å²) in [7, 11) is -0.737. The minimum atomic E-state index is -3.60. The van der Waals surface area contributed by atoms with Crippen LogP contribution >= 0.6 is 27.5 Å². The van der Waals surface area contributed by atoms with Crippen LogP contribution in [0, 0.1) is 0 Å². The Morgan fingerprint density at radius 3 is 2.53 bits per heavy atom. The van der Waals surface area contributed by atoms with Crippen LogP contribution in [0.4, 0.5) is 0 Å². The third-order valence-corrected chi connectivity index (χ3v) is 5.15. The lowest BCUT2D eigenvalue weighted by atomic mass is 10.1. The summed E-state index contributed by atoms with van der Waals surface area (Å²) >= 11 is 9.00. The van der Waals surface area contributed by atoms with Crippen molar-refractivity contribution in [2.75, 3.05) is 19.4 Å². The first kappa shape index (κ1) is 14.9. The molecule has 17 heavy (non-hydrogen) atoms. The van der Waals surface area contributed by atoms with Crippen molar-refractivity contribution in [2.45, 2.75) is 11.0 Å². The normalized spacial score (nSPS) is 14.0. The van der Waals surface area contributed by atoms with Crippen molar-refractivity contribution in [3.8, 4) is 0 Å². The van der Waals surface area contributed by atoms with E-state index in [2.05, 4.69) is 15.9 Å². The molecule has 0 amide bonds. The molecule has 1 unspecified atom stereocenters. The molecule has 0 fully saturated rings. The molecule has 0 spiro atoms. The van der Waals surface area contributed by atoms with Gasteiger partial charge >= 0.3 is 0 Å². The molecule has 4 nitrogen and oxygen atoms in total. The van der Waals surface area contributed by atoms with Gasteiger partial charge in [0.15, 0.2) is 0 Å². The van der Waals surface area contributed by atoms with Crippen LogP contribution in [0.2, 0.25) is 5.02 Å². The molecule has 1 rings (SSSR count). The van der Waals surface area contributed by atoms with Gasteiger partial charge in [0.2, 0.25) is 10.0 Å². The van der Waals surface area contributed by atoms with Crippen molar-refractivity contribution in [3.05, 3.63) is 28.8 Å². The molecular formula is C10H13BrClNO3S. The summed E-state index contributed by atoms with van der Waals surface area (Å²) < 4.78 is 25.0. The summed E-state index contributed by atoms with van der Waals surface area (Å²) in [5.41, 5.74) is 0.506. The predicted molar refractivity (Wildman–Crippen MR) is 71.1 cm³/mol. The van der Waals surface area contributed by atoms with Crippen LogP contribution in [0.5, 0.6) is 0 Å². The largest absolute Gasteiger partial charge is 0.388 e. The van der Waals surface area contributed by atoms with Gasteiger partial charge in [0, 0.05) is 19.4 Å². The number of aliphatic hydroxyl groups excluding tert-OH is 1. The number of rotatable bonds is 4. The Kier molecular flexibility index (Phi) is 4.97. The second-order valence-electron chi connectivity index (χ2n) is 3.65. The first-order chi connectivity index (χ1) is 7.80. The zero-order valence-corrected chi connectivity index (χ0v) is 12.6. The second kappa shape index (κ2) is 5.67. The van der Waals surface area contributed by atoms with Crippen molar-refractivity contribution in [1.82, 2.24) is 4.31 Å². The van der Waals surface area contributed by atoms with Crippen molar-refractivity contribution >= 4 is 37.6 Å². The number of nitrogens with zero attached hydrogens (tertiary/aromatic N) is 1. The van der Waals surface area contributed by atoms with Gasteiger partial charge in [0.05, 0.1) is 11.1 Å². The zero-order chi connectivity index (χ0) is 13.2. The molecule has 0 aromatic heterocycles. The van der Waals surface area contributed by atoms with Crippen LogP contribution in [-0.2, 0) is 10.0 Å². The van der Waals surface area contributed by atoms with Gasteiger partial charge in [-0.2, -0.15) is 0 Å². The fraction of sp³-hybridized carbons (Fsp3) is 0.400. The van der Waals surface area contributed by atoms with Gasteiger partial charge < -0.3 is 5.11 Å². The van der Waals surface area contributed by atoms with Gasteiger partial charge in [0.25, 0.3) is 0 Å². The molecule has 0 radical (unpaired) electrons. The number of halogens is 2. The van der Waals surface area contributed by atoms with Gasteiger partial charge in [0.1, 0.15) is 4.90 Å². The van der Waals surface area contributed by atoms with E-state index in [0.717, 1.165) is 4.31 Å². The maximum Gasteiger partial charge on any atom is 0.244 e. The van der Waals surface area contributed by atoms with E-state index < -0.39 is 16.1 Å². The summed E-state index contributed by atoms with van der Waals surface area (Å²) in [6.07, 6.45) is -0.761. The van der Waals surface area contributed by atoms with Gasteiger partial charge in [-0.1, -0.05) is 33.6 Å². The Morgan fingerprint density at radius 2 is 2.06 bits per heavy atom. The second-order valence-corrected chi connectivity index (χ2v) is 6.82. The Bertz CT molecular complexity index is 504. The lowest BCUT2D eigenvalue weighted by Crippen LogP contribution is -2.22. The van der Waals surface area contributed by atoms with Crippen LogP contribution in [0.15, 0.2) is 23.1 Å². The predicted octanol–water partition coefficient (Wildman–Crippen LogP) is 2.02. The average molecular weight is 343 g/mol. The molecule has 0 aliphatic rings. The number of benzene rings is 1. The van der Waals surface area contributed by atoms with Crippen LogP contribution in [0.3, 0.4) is 0 Å². The van der Waals surface area contributed by atoms with Crippen molar-refractivity contribution in [2.24, 2.45) is 0 Å². The van der Waals surface area contributed by atoms with Crippen LogP contribution in [0.1, 0.15) is 11.7 Å². The molecule has 96 valence electrons. The molecule has 1 aromatic carbocycles. The van der Waals surface area contributed by atoms with Gasteiger partial charge in [-0.3, -0.25) is 0 Å². The minimum Gasteiger partial charge on any atom is -0.388 e. The van der Waals surface area contributed by atoms with E-state index in [1.165, 1.54) is 26.2 Å². The summed E-state index contributed by atoms with van der Waals surface area (Å²) in [5.74, 6) is 0. The van der Waals surface area contributed by atoms with Crippen LogP contribution < -0.4 is 0 Å². The van der Waals surface area contributed by atoms with Gasteiger partial charge in [-0.15, -0.1) is 0 Å². The smallest absolute Gasteiger partial charge is 0.244 e. The summed E-state index contributed by atoms with van der Waals surface area (Å²) in [6.45, 7) is 0. The van der Waals surface area contributed by atoms with Crippen LogP contribution in [0.25, 0.3) is 0 Å². The first-order valence-electron chi connectivity index (χ1n) is 4.76. The molecule has 1 aromatic rings. The molecule has 0 saturated heterocycles. The molecule has 0 aliphatic carbocycles. The maximum absolute atomic E-state index is 12.0. The first-order valence-corrected chi connectivity index (χ1v) is 7.70. The third-order valence-electron chi connectivity index (χ3n) is 2.24. The lowest BCUT2D eigenvalue weighted by Gasteiger charge is -2.15. The van der Waals surface area contributed by atoms with E-state index in [9.17, 15) is 13.5 Å². The van der Waals surface area contributed by atoms with Crippen molar-refractivity contribution in [3.63, 3.8) is 0 Å². The SMILES string of the molecule is CN(C)S(=O)(=O)c1cc(C(O)CBr)ccc1Cl. The van der Waals surface area contributed by atoms with E-state index in [1.54, 1.807) is 6.07 Å². The van der Waals surface area contributed by atoms with Gasteiger partial charge in [-0.05, 0) is 17.7 Å². The van der Waals surface area contributed by atoms with E-state index >= 15 is 0 Å². The number of hydrogen-bond donors (Lipinski definition) is 1. The van der Waals surface area contributed by atoms with Gasteiger partial charge in [-0.25, -0.2) is 12.7 Å². The van der Waals surface area contributed by atoms with E-state index in [-0.39, 0.29) is 9.92 Å². The Labute approximate surface area is 114 Å². The highest BCUT2D eigenvalue weighted by atomic mass is 79.9. The third kappa shape index (κ3) is 3.20.